The highest BCUT2D eigenvalue weighted by molar-refractivity contribution is 6.29. The van der Waals surface area contributed by atoms with Crippen LogP contribution in [-0.2, 0) is 0 Å². The first-order valence-electron chi connectivity index (χ1n) is 5.03. The summed E-state index contributed by atoms with van der Waals surface area (Å²) in [5.74, 6) is 1.35. The van der Waals surface area contributed by atoms with E-state index in [0.29, 0.717) is 11.1 Å². The molecule has 1 aromatic rings. The van der Waals surface area contributed by atoms with Crippen molar-refractivity contribution in [1.82, 2.24) is 14.9 Å². The van der Waals surface area contributed by atoms with Crippen molar-refractivity contribution < 1.29 is 0 Å². The Kier molecular flexibility index (Phi) is 1.96. The van der Waals surface area contributed by atoms with Gasteiger partial charge in [0.15, 0.2) is 0 Å². The minimum atomic E-state index is 0.514. The predicted octanol–water partition coefficient (Wildman–Crippen LogP) is 1.55. The zero-order valence-corrected chi connectivity index (χ0v) is 8.61. The van der Waals surface area contributed by atoms with Crippen LogP contribution in [0.5, 0.6) is 0 Å². The van der Waals surface area contributed by atoms with E-state index in [1.807, 2.05) is 6.20 Å². The second kappa shape index (κ2) is 3.17. The molecule has 0 radical (unpaired) electrons. The van der Waals surface area contributed by atoms with E-state index in [-0.39, 0.29) is 0 Å². The van der Waals surface area contributed by atoms with Gasteiger partial charge in [0.1, 0.15) is 5.15 Å². The van der Waals surface area contributed by atoms with Gasteiger partial charge in [-0.15, -0.1) is 0 Å². The molecular weight excluding hydrogens is 198 g/mol. The molecule has 2 bridgehead atoms. The quantitative estimate of drug-likeness (QED) is 0.703. The van der Waals surface area contributed by atoms with Gasteiger partial charge in [0, 0.05) is 25.2 Å². The minimum Gasteiger partial charge on any atom is -0.302 e. The summed E-state index contributed by atoms with van der Waals surface area (Å²) in [7, 11) is 0. The summed E-state index contributed by atoms with van der Waals surface area (Å²) >= 11 is 5.84. The number of rotatable bonds is 1. The molecule has 4 heteroatoms. The fourth-order valence-corrected chi connectivity index (χ4v) is 2.81. The maximum absolute atomic E-state index is 5.84. The van der Waals surface area contributed by atoms with Gasteiger partial charge in [-0.05, 0) is 18.9 Å². The van der Waals surface area contributed by atoms with Crippen molar-refractivity contribution in [3.8, 4) is 0 Å². The summed E-state index contributed by atoms with van der Waals surface area (Å²) in [5, 5.41) is 0.514. The molecule has 3 rings (SSSR count). The zero-order valence-electron chi connectivity index (χ0n) is 7.86. The molecule has 0 saturated carbocycles. The number of hydrogen-bond donors (Lipinski definition) is 0. The van der Waals surface area contributed by atoms with Crippen LogP contribution in [0.4, 0.5) is 0 Å². The van der Waals surface area contributed by atoms with E-state index in [1.54, 1.807) is 6.20 Å². The van der Waals surface area contributed by atoms with Gasteiger partial charge in [0.25, 0.3) is 0 Å². The van der Waals surface area contributed by atoms with Crippen LogP contribution in [0.15, 0.2) is 12.4 Å². The molecule has 0 aliphatic carbocycles. The highest BCUT2D eigenvalue weighted by Gasteiger charge is 2.39. The summed E-state index contributed by atoms with van der Waals surface area (Å²) in [6.45, 7) is 3.63. The average Bonchev–Trinajstić information content (AvgIpc) is 2.78. The molecule has 74 valence electrons. The lowest BCUT2D eigenvalue weighted by Crippen LogP contribution is -2.22. The molecule has 0 N–H and O–H groups in total. The van der Waals surface area contributed by atoms with Crippen molar-refractivity contribution in [1.29, 1.82) is 0 Å². The van der Waals surface area contributed by atoms with Crippen molar-refractivity contribution in [3.63, 3.8) is 0 Å². The lowest BCUT2D eigenvalue weighted by atomic mass is 9.90. The molecular formula is C10H12ClN3. The predicted molar refractivity (Wildman–Crippen MR) is 54.3 cm³/mol. The molecule has 3 nitrogen and oxygen atoms in total. The second-order valence-electron chi connectivity index (χ2n) is 4.18. The molecule has 2 saturated heterocycles. The molecule has 0 aromatic carbocycles. The first kappa shape index (κ1) is 8.62. The smallest absolute Gasteiger partial charge is 0.147 e. The Morgan fingerprint density at radius 1 is 1.36 bits per heavy atom. The fraction of sp³-hybridized carbons (Fsp3) is 0.600. The Morgan fingerprint density at radius 2 is 2.29 bits per heavy atom. The maximum Gasteiger partial charge on any atom is 0.147 e. The van der Waals surface area contributed by atoms with E-state index in [4.69, 9.17) is 11.6 Å². The van der Waals surface area contributed by atoms with Gasteiger partial charge < -0.3 is 4.90 Å². The van der Waals surface area contributed by atoms with Gasteiger partial charge in [-0.25, -0.2) is 4.98 Å². The Balaban J connectivity index is 1.89. The first-order chi connectivity index (χ1) is 6.83. The summed E-state index contributed by atoms with van der Waals surface area (Å²) in [5.41, 5.74) is 1.07. The van der Waals surface area contributed by atoms with Crippen LogP contribution in [0.25, 0.3) is 0 Å². The van der Waals surface area contributed by atoms with E-state index >= 15 is 0 Å². The Bertz CT molecular complexity index is 355. The SMILES string of the molecule is Clc1cncc(C2CN3CCC2C3)n1. The Morgan fingerprint density at radius 3 is 2.93 bits per heavy atom. The second-order valence-corrected chi connectivity index (χ2v) is 4.57. The number of fused-ring (bicyclic) bond motifs is 2. The molecule has 3 unspecified atom stereocenters. The number of piperidine rings is 1. The lowest BCUT2D eigenvalue weighted by Gasteiger charge is -2.20. The summed E-state index contributed by atoms with van der Waals surface area (Å²) in [6, 6.07) is 0. The van der Waals surface area contributed by atoms with Crippen LogP contribution in [0.3, 0.4) is 0 Å². The van der Waals surface area contributed by atoms with E-state index in [2.05, 4.69) is 14.9 Å². The van der Waals surface area contributed by atoms with E-state index in [1.165, 1.54) is 19.5 Å². The molecule has 2 fully saturated rings. The average molecular weight is 210 g/mol. The normalized spacial score (nSPS) is 35.1. The number of hydrogen-bond acceptors (Lipinski definition) is 3. The molecule has 3 atom stereocenters. The van der Waals surface area contributed by atoms with Crippen molar-refractivity contribution in [3.05, 3.63) is 23.2 Å². The van der Waals surface area contributed by atoms with Crippen molar-refractivity contribution >= 4 is 11.6 Å². The number of nitrogens with zero attached hydrogens (tertiary/aromatic N) is 3. The Labute approximate surface area is 88.1 Å². The van der Waals surface area contributed by atoms with E-state index < -0.39 is 0 Å². The third-order valence-electron chi connectivity index (χ3n) is 3.34. The van der Waals surface area contributed by atoms with Crippen LogP contribution < -0.4 is 0 Å². The topological polar surface area (TPSA) is 29.0 Å². The first-order valence-corrected chi connectivity index (χ1v) is 5.40. The van der Waals surface area contributed by atoms with Crippen LogP contribution >= 0.6 is 11.6 Å². The molecule has 2 aliphatic rings. The van der Waals surface area contributed by atoms with Crippen molar-refractivity contribution in [2.24, 2.45) is 5.92 Å². The number of halogens is 1. The lowest BCUT2D eigenvalue weighted by molar-refractivity contribution is 0.343. The number of aromatic nitrogens is 2. The van der Waals surface area contributed by atoms with Crippen LogP contribution in [0.2, 0.25) is 5.15 Å². The summed E-state index contributed by atoms with van der Waals surface area (Å²) < 4.78 is 0. The molecule has 1 aromatic heterocycles. The fourth-order valence-electron chi connectivity index (χ4n) is 2.65. The van der Waals surface area contributed by atoms with Crippen LogP contribution in [0, 0.1) is 5.92 Å². The minimum absolute atomic E-state index is 0.514. The van der Waals surface area contributed by atoms with Crippen LogP contribution in [-0.4, -0.2) is 34.5 Å². The zero-order chi connectivity index (χ0) is 9.54. The van der Waals surface area contributed by atoms with Gasteiger partial charge >= 0.3 is 0 Å². The van der Waals surface area contributed by atoms with Crippen molar-refractivity contribution in [2.45, 2.75) is 12.3 Å². The van der Waals surface area contributed by atoms with Gasteiger partial charge in [-0.1, -0.05) is 11.6 Å². The molecule has 2 aliphatic heterocycles. The Hall–Kier alpha value is -0.670. The molecule has 0 amide bonds. The third-order valence-corrected chi connectivity index (χ3v) is 3.52. The van der Waals surface area contributed by atoms with Gasteiger partial charge in [-0.2, -0.15) is 0 Å². The van der Waals surface area contributed by atoms with Crippen molar-refractivity contribution in [2.75, 3.05) is 19.6 Å². The molecule has 14 heavy (non-hydrogen) atoms. The monoisotopic (exact) mass is 209 g/mol. The summed E-state index contributed by atoms with van der Waals surface area (Å²) in [4.78, 5) is 10.9. The highest BCUT2D eigenvalue weighted by Crippen LogP contribution is 2.38. The third kappa shape index (κ3) is 1.31. The molecule has 3 heterocycles. The van der Waals surface area contributed by atoms with Crippen LogP contribution in [0.1, 0.15) is 18.0 Å². The van der Waals surface area contributed by atoms with Gasteiger partial charge in [0.2, 0.25) is 0 Å². The van der Waals surface area contributed by atoms with E-state index in [9.17, 15) is 0 Å². The molecule has 0 spiro atoms. The maximum atomic E-state index is 5.84. The van der Waals surface area contributed by atoms with Gasteiger partial charge in [-0.3, -0.25) is 4.98 Å². The van der Waals surface area contributed by atoms with Gasteiger partial charge in [0.05, 0.1) is 11.9 Å². The highest BCUT2D eigenvalue weighted by atomic mass is 35.5. The largest absolute Gasteiger partial charge is 0.302 e. The standard InChI is InChI=1S/C10H12ClN3/c11-10-4-12-3-9(13-10)8-6-14-2-1-7(8)5-14/h3-4,7-8H,1-2,5-6H2. The summed E-state index contributed by atoms with van der Waals surface area (Å²) in [6.07, 6.45) is 4.76. The van der Waals surface area contributed by atoms with E-state index in [0.717, 1.165) is 18.2 Å².